The van der Waals surface area contributed by atoms with Gasteiger partial charge in [-0.15, -0.1) is 5.11 Å². The third kappa shape index (κ3) is 3.90. The summed E-state index contributed by atoms with van der Waals surface area (Å²) in [5.74, 6) is 0.173. The Kier molecular flexibility index (Phi) is 4.62. The number of fused-ring (bicyclic) bond motifs is 1. The van der Waals surface area contributed by atoms with Gasteiger partial charge in [0.2, 0.25) is 0 Å². The number of benzene rings is 2. The molecule has 0 saturated heterocycles. The summed E-state index contributed by atoms with van der Waals surface area (Å²) in [6.45, 7) is 0.0948. The molecule has 9 heteroatoms. The number of nitrogens with two attached hydrogens (primary N) is 1. The molecule has 1 unspecified atom stereocenters. The fourth-order valence-electron chi connectivity index (χ4n) is 2.56. The van der Waals surface area contributed by atoms with E-state index in [0.717, 1.165) is 16.7 Å². The third-order valence-electron chi connectivity index (χ3n) is 3.82. The lowest BCUT2D eigenvalue weighted by molar-refractivity contribution is 0.0985. The van der Waals surface area contributed by atoms with E-state index in [1.54, 1.807) is 30.3 Å². The lowest BCUT2D eigenvalue weighted by Gasteiger charge is -2.19. The number of carbonyl (C=O) groups is 1. The van der Waals surface area contributed by atoms with E-state index < -0.39 is 22.2 Å². The van der Waals surface area contributed by atoms with Crippen LogP contribution in [0.15, 0.2) is 52.7 Å². The molecular formula is C16H16N4O4S. The zero-order chi connectivity index (χ0) is 18.0. The van der Waals surface area contributed by atoms with Gasteiger partial charge in [-0.3, -0.25) is 4.79 Å². The SMILES string of the molecule is COc1ccc2c(c1)C(=O)N=NC2c1ccc(CNS(N)(=O)=O)cc1. The molecule has 25 heavy (non-hydrogen) atoms. The lowest BCUT2D eigenvalue weighted by atomic mass is 9.93. The van der Waals surface area contributed by atoms with E-state index in [0.29, 0.717) is 11.3 Å². The first-order chi connectivity index (χ1) is 11.9. The van der Waals surface area contributed by atoms with Crippen molar-refractivity contribution in [3.8, 4) is 5.75 Å². The highest BCUT2D eigenvalue weighted by Crippen LogP contribution is 2.34. The second-order valence-corrected chi connectivity index (χ2v) is 6.86. The molecule has 0 aliphatic carbocycles. The Balaban J connectivity index is 1.87. The normalized spacial score (nSPS) is 16.6. The monoisotopic (exact) mass is 360 g/mol. The van der Waals surface area contributed by atoms with Crippen LogP contribution in [0.1, 0.15) is 33.1 Å². The number of nitrogens with zero attached hydrogens (tertiary/aromatic N) is 2. The van der Waals surface area contributed by atoms with Crippen LogP contribution in [0.2, 0.25) is 0 Å². The van der Waals surface area contributed by atoms with E-state index in [2.05, 4.69) is 15.0 Å². The van der Waals surface area contributed by atoms with Crippen molar-refractivity contribution >= 4 is 16.1 Å². The molecule has 0 bridgehead atoms. The summed E-state index contributed by atoms with van der Waals surface area (Å²) in [6.07, 6.45) is 0. The summed E-state index contributed by atoms with van der Waals surface area (Å²) in [4.78, 5) is 12.0. The van der Waals surface area contributed by atoms with Crippen molar-refractivity contribution < 1.29 is 17.9 Å². The van der Waals surface area contributed by atoms with Gasteiger partial charge in [0, 0.05) is 6.54 Å². The summed E-state index contributed by atoms with van der Waals surface area (Å²) < 4.78 is 29.2. The van der Waals surface area contributed by atoms with Gasteiger partial charge in [0.15, 0.2) is 0 Å². The Morgan fingerprint density at radius 3 is 2.56 bits per heavy atom. The molecule has 1 aliphatic rings. The topological polar surface area (TPSA) is 123 Å². The minimum Gasteiger partial charge on any atom is -0.497 e. The predicted molar refractivity (Wildman–Crippen MR) is 90.4 cm³/mol. The number of nitrogens with one attached hydrogen (secondary N) is 1. The number of hydrogen-bond donors (Lipinski definition) is 2. The molecule has 3 N–H and O–H groups in total. The van der Waals surface area contributed by atoms with E-state index in [1.165, 1.54) is 7.11 Å². The van der Waals surface area contributed by atoms with Crippen molar-refractivity contribution in [2.75, 3.05) is 7.11 Å². The summed E-state index contributed by atoms with van der Waals surface area (Å²) in [7, 11) is -2.21. The van der Waals surface area contributed by atoms with Gasteiger partial charge in [0.25, 0.3) is 16.1 Å². The molecule has 2 aromatic carbocycles. The van der Waals surface area contributed by atoms with Crippen molar-refractivity contribution in [3.63, 3.8) is 0 Å². The van der Waals surface area contributed by atoms with Crippen LogP contribution in [0.4, 0.5) is 0 Å². The number of ether oxygens (including phenoxy) is 1. The van der Waals surface area contributed by atoms with E-state index in [9.17, 15) is 13.2 Å². The van der Waals surface area contributed by atoms with E-state index in [4.69, 9.17) is 9.88 Å². The molecule has 3 rings (SSSR count). The predicted octanol–water partition coefficient (Wildman–Crippen LogP) is 1.68. The van der Waals surface area contributed by atoms with Gasteiger partial charge < -0.3 is 4.74 Å². The van der Waals surface area contributed by atoms with Gasteiger partial charge in [-0.05, 0) is 28.8 Å². The summed E-state index contributed by atoms with van der Waals surface area (Å²) in [5.41, 5.74) is 2.79. The lowest BCUT2D eigenvalue weighted by Crippen LogP contribution is -2.30. The van der Waals surface area contributed by atoms with Crippen molar-refractivity contribution in [2.45, 2.75) is 12.6 Å². The minimum atomic E-state index is -3.74. The van der Waals surface area contributed by atoms with Gasteiger partial charge in [-0.25, -0.2) is 5.14 Å². The van der Waals surface area contributed by atoms with E-state index >= 15 is 0 Å². The smallest absolute Gasteiger partial charge is 0.295 e. The summed E-state index contributed by atoms with van der Waals surface area (Å²) in [6, 6.07) is 12.0. The number of rotatable bonds is 5. The Morgan fingerprint density at radius 2 is 1.92 bits per heavy atom. The Labute approximate surface area is 144 Å². The van der Waals surface area contributed by atoms with Gasteiger partial charge in [-0.2, -0.15) is 18.3 Å². The van der Waals surface area contributed by atoms with Crippen LogP contribution in [0.5, 0.6) is 5.75 Å². The molecule has 1 atom stereocenters. The van der Waals surface area contributed by atoms with Crippen LogP contribution in [-0.2, 0) is 16.8 Å². The zero-order valence-corrected chi connectivity index (χ0v) is 14.2. The first-order valence-electron chi connectivity index (χ1n) is 7.37. The molecule has 0 aromatic heterocycles. The average molecular weight is 360 g/mol. The molecular weight excluding hydrogens is 344 g/mol. The maximum atomic E-state index is 12.0. The molecule has 0 radical (unpaired) electrons. The fraction of sp³-hybridized carbons (Fsp3) is 0.188. The molecule has 2 aromatic rings. The van der Waals surface area contributed by atoms with E-state index in [-0.39, 0.29) is 6.54 Å². The van der Waals surface area contributed by atoms with Crippen LogP contribution >= 0.6 is 0 Å². The van der Waals surface area contributed by atoms with Crippen LogP contribution < -0.4 is 14.6 Å². The van der Waals surface area contributed by atoms with Gasteiger partial charge in [-0.1, -0.05) is 30.3 Å². The van der Waals surface area contributed by atoms with Crippen LogP contribution in [0, 0.1) is 0 Å². The maximum absolute atomic E-state index is 12.0. The second kappa shape index (κ2) is 6.71. The molecule has 1 amide bonds. The number of hydrogen-bond acceptors (Lipinski definition) is 5. The molecule has 0 fully saturated rings. The van der Waals surface area contributed by atoms with Crippen molar-refractivity contribution in [3.05, 3.63) is 64.7 Å². The first kappa shape index (κ1) is 17.2. The Bertz CT molecular complexity index is 939. The molecule has 130 valence electrons. The van der Waals surface area contributed by atoms with Crippen LogP contribution in [-0.4, -0.2) is 21.4 Å². The highest BCUT2D eigenvalue weighted by atomic mass is 32.2. The molecule has 0 saturated carbocycles. The first-order valence-corrected chi connectivity index (χ1v) is 8.91. The average Bonchev–Trinajstić information content (AvgIpc) is 2.60. The van der Waals surface area contributed by atoms with Crippen molar-refractivity contribution in [1.82, 2.24) is 4.72 Å². The summed E-state index contributed by atoms with van der Waals surface area (Å²) in [5, 5.41) is 12.7. The largest absolute Gasteiger partial charge is 0.497 e. The highest BCUT2D eigenvalue weighted by Gasteiger charge is 2.25. The Morgan fingerprint density at radius 1 is 1.20 bits per heavy atom. The number of methoxy groups -OCH3 is 1. The number of amides is 1. The van der Waals surface area contributed by atoms with Gasteiger partial charge in [0.05, 0.1) is 12.7 Å². The zero-order valence-electron chi connectivity index (χ0n) is 13.3. The van der Waals surface area contributed by atoms with Gasteiger partial charge in [0.1, 0.15) is 11.8 Å². The number of azo groups is 1. The summed E-state index contributed by atoms with van der Waals surface area (Å²) >= 11 is 0. The molecule has 1 heterocycles. The van der Waals surface area contributed by atoms with E-state index in [1.807, 2.05) is 12.1 Å². The number of carbonyl (C=O) groups excluding carboxylic acids is 1. The highest BCUT2D eigenvalue weighted by molar-refractivity contribution is 7.87. The third-order valence-corrected chi connectivity index (χ3v) is 4.37. The maximum Gasteiger partial charge on any atom is 0.295 e. The van der Waals surface area contributed by atoms with Crippen LogP contribution in [0.25, 0.3) is 0 Å². The van der Waals surface area contributed by atoms with Crippen molar-refractivity contribution in [1.29, 1.82) is 0 Å². The minimum absolute atomic E-state index is 0.0948. The molecule has 1 aliphatic heterocycles. The van der Waals surface area contributed by atoms with Crippen LogP contribution in [0.3, 0.4) is 0 Å². The molecule has 8 nitrogen and oxygen atoms in total. The standard InChI is InChI=1S/C16H16N4O4S/c1-24-12-6-7-13-14(8-12)16(21)20-19-15(13)11-4-2-10(3-5-11)9-18-25(17,22)23/h2-8,15,18H,9H2,1H3,(H2,17,22,23). The fourth-order valence-corrected chi connectivity index (χ4v) is 2.93. The van der Waals surface area contributed by atoms with Gasteiger partial charge >= 0.3 is 0 Å². The second-order valence-electron chi connectivity index (χ2n) is 5.48. The Hall–Kier alpha value is -2.62. The molecule has 0 spiro atoms. The quantitative estimate of drug-likeness (QED) is 0.842. The van der Waals surface area contributed by atoms with Crippen molar-refractivity contribution in [2.24, 2.45) is 15.4 Å².